The molecule has 2 N–H and O–H groups in total. The third-order valence-corrected chi connectivity index (χ3v) is 7.91. The lowest BCUT2D eigenvalue weighted by atomic mass is 9.98. The minimum Gasteiger partial charge on any atom is -0.480 e. The first-order chi connectivity index (χ1) is 16.5. The standard InChI is InChI=1S/C25H28N2O5S2/c1-33-12-10-21(23(28)27-11-13-34-15-22(27)24(29)30)26-25(31)32-14-20-18-8-4-2-6-16(18)17-7-3-5-9-19(17)20/h2-9,20-22H,10-15H2,1H3,(H,26,31)(H,29,30). The van der Waals surface area contributed by atoms with E-state index in [2.05, 4.69) is 17.4 Å². The molecule has 0 aromatic heterocycles. The Balaban J connectivity index is 1.44. The van der Waals surface area contributed by atoms with Crippen LogP contribution in [0.5, 0.6) is 0 Å². The molecular weight excluding hydrogens is 472 g/mol. The zero-order valence-electron chi connectivity index (χ0n) is 18.9. The van der Waals surface area contributed by atoms with Crippen LogP contribution in [0, 0.1) is 0 Å². The summed E-state index contributed by atoms with van der Waals surface area (Å²) in [6, 6.07) is 14.5. The van der Waals surface area contributed by atoms with Gasteiger partial charge < -0.3 is 20.1 Å². The largest absolute Gasteiger partial charge is 0.480 e. The van der Waals surface area contributed by atoms with Crippen LogP contribution in [0.3, 0.4) is 0 Å². The molecule has 2 atom stereocenters. The molecule has 1 aliphatic heterocycles. The first-order valence-corrected chi connectivity index (χ1v) is 13.8. The fourth-order valence-electron chi connectivity index (χ4n) is 4.55. The van der Waals surface area contributed by atoms with Crippen molar-refractivity contribution in [3.63, 3.8) is 0 Å². The van der Waals surface area contributed by atoms with Crippen molar-refractivity contribution in [2.75, 3.05) is 36.7 Å². The van der Waals surface area contributed by atoms with E-state index in [9.17, 15) is 19.5 Å². The van der Waals surface area contributed by atoms with Gasteiger partial charge in [0.25, 0.3) is 0 Å². The van der Waals surface area contributed by atoms with E-state index in [1.165, 1.54) is 16.7 Å². The van der Waals surface area contributed by atoms with Crippen molar-refractivity contribution in [2.24, 2.45) is 0 Å². The highest BCUT2D eigenvalue weighted by atomic mass is 32.2. The summed E-state index contributed by atoms with van der Waals surface area (Å²) in [7, 11) is 0. The number of nitrogens with zero attached hydrogens (tertiary/aromatic N) is 1. The number of carbonyl (C=O) groups excluding carboxylic acids is 2. The number of hydrogen-bond acceptors (Lipinski definition) is 6. The number of nitrogens with one attached hydrogen (secondary N) is 1. The van der Waals surface area contributed by atoms with Crippen LogP contribution in [0.2, 0.25) is 0 Å². The second-order valence-electron chi connectivity index (χ2n) is 8.26. The monoisotopic (exact) mass is 500 g/mol. The molecule has 180 valence electrons. The first-order valence-electron chi connectivity index (χ1n) is 11.2. The number of carboxylic acid groups (broad SMARTS) is 1. The Bertz CT molecular complexity index is 1020. The van der Waals surface area contributed by atoms with Crippen LogP contribution in [-0.4, -0.2) is 76.7 Å². The average molecular weight is 501 g/mol. The molecule has 2 aromatic carbocycles. The Labute approximate surface area is 207 Å². The minimum absolute atomic E-state index is 0.0750. The lowest BCUT2D eigenvalue weighted by Crippen LogP contribution is -2.57. The molecule has 1 heterocycles. The average Bonchev–Trinajstić information content (AvgIpc) is 3.18. The molecule has 34 heavy (non-hydrogen) atoms. The predicted molar refractivity (Wildman–Crippen MR) is 135 cm³/mol. The second-order valence-corrected chi connectivity index (χ2v) is 10.4. The third-order valence-electron chi connectivity index (χ3n) is 6.24. The molecule has 2 aromatic rings. The van der Waals surface area contributed by atoms with Gasteiger partial charge in [-0.25, -0.2) is 9.59 Å². The van der Waals surface area contributed by atoms with Gasteiger partial charge in [0.15, 0.2) is 0 Å². The minimum atomic E-state index is -1.02. The summed E-state index contributed by atoms with van der Waals surface area (Å²) in [5, 5.41) is 12.3. The lowest BCUT2D eigenvalue weighted by molar-refractivity contribution is -0.150. The number of hydrogen-bond donors (Lipinski definition) is 2. The molecule has 2 amide bonds. The SMILES string of the molecule is CSCCC(NC(=O)OCC1c2ccccc2-c2ccccc21)C(=O)N1CCSCC1C(=O)O. The van der Waals surface area contributed by atoms with Gasteiger partial charge >= 0.3 is 12.1 Å². The maximum absolute atomic E-state index is 13.2. The van der Waals surface area contributed by atoms with Crippen LogP contribution < -0.4 is 5.32 Å². The zero-order valence-corrected chi connectivity index (χ0v) is 20.6. The number of aliphatic carboxylic acids is 1. The summed E-state index contributed by atoms with van der Waals surface area (Å²) in [6.45, 7) is 0.504. The summed E-state index contributed by atoms with van der Waals surface area (Å²) < 4.78 is 5.61. The third kappa shape index (κ3) is 5.20. The number of carbonyl (C=O) groups is 3. The maximum Gasteiger partial charge on any atom is 0.407 e. The molecule has 1 fully saturated rings. The van der Waals surface area contributed by atoms with Crippen LogP contribution in [0.15, 0.2) is 48.5 Å². The van der Waals surface area contributed by atoms with Crippen molar-refractivity contribution < 1.29 is 24.2 Å². The van der Waals surface area contributed by atoms with Gasteiger partial charge in [-0.05, 0) is 40.7 Å². The fourth-order valence-corrected chi connectivity index (χ4v) is 6.06. The molecule has 1 aliphatic carbocycles. The highest BCUT2D eigenvalue weighted by Crippen LogP contribution is 2.44. The smallest absolute Gasteiger partial charge is 0.407 e. The maximum atomic E-state index is 13.2. The Kier molecular flexibility index (Phi) is 8.05. The number of alkyl carbamates (subject to hydrolysis) is 1. The molecule has 7 nitrogen and oxygen atoms in total. The van der Waals surface area contributed by atoms with Crippen LogP contribution in [0.4, 0.5) is 4.79 Å². The molecule has 9 heteroatoms. The van der Waals surface area contributed by atoms with Gasteiger partial charge in [-0.2, -0.15) is 23.5 Å². The summed E-state index contributed by atoms with van der Waals surface area (Å²) in [5.74, 6) is 0.215. The Morgan fingerprint density at radius 1 is 1.15 bits per heavy atom. The number of benzene rings is 2. The van der Waals surface area contributed by atoms with Crippen molar-refractivity contribution in [1.82, 2.24) is 10.2 Å². The Hall–Kier alpha value is -2.65. The number of ether oxygens (including phenoxy) is 1. The van der Waals surface area contributed by atoms with Gasteiger partial charge in [0, 0.05) is 24.0 Å². The Morgan fingerprint density at radius 2 is 1.79 bits per heavy atom. The van der Waals surface area contributed by atoms with E-state index in [0.717, 1.165) is 22.3 Å². The van der Waals surface area contributed by atoms with Crippen molar-refractivity contribution in [3.8, 4) is 11.1 Å². The highest BCUT2D eigenvalue weighted by Gasteiger charge is 2.36. The molecule has 0 radical (unpaired) electrons. The van der Waals surface area contributed by atoms with Crippen LogP contribution >= 0.6 is 23.5 Å². The van der Waals surface area contributed by atoms with Gasteiger partial charge in [0.1, 0.15) is 18.7 Å². The number of rotatable bonds is 8. The van der Waals surface area contributed by atoms with Crippen molar-refractivity contribution in [3.05, 3.63) is 59.7 Å². The van der Waals surface area contributed by atoms with Gasteiger partial charge in [0.05, 0.1) is 0 Å². The molecule has 0 spiro atoms. The molecule has 2 unspecified atom stereocenters. The van der Waals surface area contributed by atoms with Gasteiger partial charge in [0.2, 0.25) is 5.91 Å². The summed E-state index contributed by atoms with van der Waals surface area (Å²) >= 11 is 3.08. The van der Waals surface area contributed by atoms with Crippen molar-refractivity contribution >= 4 is 41.5 Å². The first kappa shape index (κ1) is 24.5. The molecule has 0 saturated carbocycles. The van der Waals surface area contributed by atoms with E-state index in [0.29, 0.717) is 30.2 Å². The molecule has 2 aliphatic rings. The molecule has 4 rings (SSSR count). The quantitative estimate of drug-likeness (QED) is 0.571. The summed E-state index contributed by atoms with van der Waals surface area (Å²) in [6.07, 6.45) is 1.66. The lowest BCUT2D eigenvalue weighted by Gasteiger charge is -2.35. The molecular formula is C25H28N2O5S2. The van der Waals surface area contributed by atoms with E-state index in [-0.39, 0.29) is 18.4 Å². The van der Waals surface area contributed by atoms with Crippen LogP contribution in [0.25, 0.3) is 11.1 Å². The van der Waals surface area contributed by atoms with E-state index in [4.69, 9.17) is 4.74 Å². The van der Waals surface area contributed by atoms with E-state index in [1.54, 1.807) is 11.8 Å². The van der Waals surface area contributed by atoms with Crippen molar-refractivity contribution in [2.45, 2.75) is 24.4 Å². The molecule has 0 bridgehead atoms. The molecule has 1 saturated heterocycles. The summed E-state index contributed by atoms with van der Waals surface area (Å²) in [4.78, 5) is 39.0. The number of thioether (sulfide) groups is 2. The second kappa shape index (κ2) is 11.2. The topological polar surface area (TPSA) is 95.9 Å². The zero-order chi connectivity index (χ0) is 24.1. The predicted octanol–water partition coefficient (Wildman–Crippen LogP) is 3.68. The van der Waals surface area contributed by atoms with Gasteiger partial charge in [-0.15, -0.1) is 0 Å². The van der Waals surface area contributed by atoms with Crippen LogP contribution in [-0.2, 0) is 14.3 Å². The van der Waals surface area contributed by atoms with Crippen LogP contribution in [0.1, 0.15) is 23.5 Å². The van der Waals surface area contributed by atoms with E-state index >= 15 is 0 Å². The van der Waals surface area contributed by atoms with E-state index < -0.39 is 24.1 Å². The summed E-state index contributed by atoms with van der Waals surface area (Å²) in [5.41, 5.74) is 4.51. The number of carboxylic acids is 1. The number of fused-ring (bicyclic) bond motifs is 3. The van der Waals surface area contributed by atoms with Gasteiger partial charge in [-0.1, -0.05) is 48.5 Å². The highest BCUT2D eigenvalue weighted by molar-refractivity contribution is 7.99. The fraction of sp³-hybridized carbons (Fsp3) is 0.400. The normalized spacial score (nSPS) is 18.0. The van der Waals surface area contributed by atoms with Gasteiger partial charge in [-0.3, -0.25) is 4.79 Å². The Morgan fingerprint density at radius 3 is 2.41 bits per heavy atom. The van der Waals surface area contributed by atoms with E-state index in [1.807, 2.05) is 42.7 Å². The van der Waals surface area contributed by atoms with Crippen molar-refractivity contribution in [1.29, 1.82) is 0 Å². The number of amides is 2.